The van der Waals surface area contributed by atoms with Crippen molar-refractivity contribution in [3.63, 3.8) is 0 Å². The van der Waals surface area contributed by atoms with Crippen LogP contribution < -0.4 is 5.32 Å². The van der Waals surface area contributed by atoms with E-state index in [4.69, 9.17) is 16.3 Å². The second-order valence-corrected chi connectivity index (χ2v) is 6.13. The van der Waals surface area contributed by atoms with Gasteiger partial charge < -0.3 is 10.1 Å². The second-order valence-electron chi connectivity index (χ2n) is 5.72. The molecule has 1 saturated heterocycles. The summed E-state index contributed by atoms with van der Waals surface area (Å²) in [6, 6.07) is 5.19. The van der Waals surface area contributed by atoms with Crippen molar-refractivity contribution in [1.82, 2.24) is 5.32 Å². The minimum atomic E-state index is -0.364. The van der Waals surface area contributed by atoms with Gasteiger partial charge in [0.25, 0.3) is 0 Å². The van der Waals surface area contributed by atoms with E-state index in [-0.39, 0.29) is 22.5 Å². The highest BCUT2D eigenvalue weighted by molar-refractivity contribution is 6.30. The maximum atomic E-state index is 13.2. The first-order valence-corrected chi connectivity index (χ1v) is 7.74. The summed E-state index contributed by atoms with van der Waals surface area (Å²) in [6.45, 7) is 6.10. The van der Waals surface area contributed by atoms with Crippen LogP contribution >= 0.6 is 11.6 Å². The molecule has 2 unspecified atom stereocenters. The largest absolute Gasteiger partial charge is 0.374 e. The van der Waals surface area contributed by atoms with Gasteiger partial charge >= 0.3 is 0 Å². The number of nitrogens with one attached hydrogen (secondary N) is 1. The molecule has 4 heteroatoms. The van der Waals surface area contributed by atoms with E-state index in [9.17, 15) is 4.39 Å². The van der Waals surface area contributed by atoms with Gasteiger partial charge in [0.1, 0.15) is 5.82 Å². The molecule has 0 spiro atoms. The molecule has 1 fully saturated rings. The Morgan fingerprint density at radius 2 is 2.30 bits per heavy atom. The van der Waals surface area contributed by atoms with Crippen LogP contribution in [-0.4, -0.2) is 24.8 Å². The predicted octanol–water partition coefficient (Wildman–Crippen LogP) is 3.96. The number of rotatable bonds is 6. The Morgan fingerprint density at radius 3 is 2.90 bits per heavy atom. The maximum Gasteiger partial charge on any atom is 0.141 e. The third kappa shape index (κ3) is 3.72. The standard InChI is InChI=1S/C16H23ClFNO/c1-3-8-19-15(16(2)7-4-9-20-16)11-12-5-6-14(18)13(17)10-12/h5-6,10,15,19H,3-4,7-9,11H2,1-2H3. The molecular formula is C16H23ClFNO. The van der Waals surface area contributed by atoms with E-state index >= 15 is 0 Å². The molecule has 2 rings (SSSR count). The predicted molar refractivity (Wildman–Crippen MR) is 80.8 cm³/mol. The zero-order chi connectivity index (χ0) is 14.6. The SMILES string of the molecule is CCCNC(Cc1ccc(F)c(Cl)c1)C1(C)CCCO1. The van der Waals surface area contributed by atoms with Crippen molar-refractivity contribution in [3.05, 3.63) is 34.6 Å². The minimum Gasteiger partial charge on any atom is -0.374 e. The maximum absolute atomic E-state index is 13.2. The average Bonchev–Trinajstić information content (AvgIpc) is 2.86. The van der Waals surface area contributed by atoms with E-state index in [0.717, 1.165) is 44.4 Å². The van der Waals surface area contributed by atoms with Crippen LogP contribution in [0.25, 0.3) is 0 Å². The molecule has 0 aliphatic carbocycles. The summed E-state index contributed by atoms with van der Waals surface area (Å²) in [5.41, 5.74) is 0.900. The van der Waals surface area contributed by atoms with Gasteiger partial charge in [-0.3, -0.25) is 0 Å². The fourth-order valence-electron chi connectivity index (χ4n) is 2.80. The van der Waals surface area contributed by atoms with Crippen LogP contribution in [0.15, 0.2) is 18.2 Å². The number of benzene rings is 1. The number of hydrogen-bond acceptors (Lipinski definition) is 2. The molecule has 1 aliphatic heterocycles. The van der Waals surface area contributed by atoms with Crippen LogP contribution in [0.1, 0.15) is 38.7 Å². The first-order chi connectivity index (χ1) is 9.55. The van der Waals surface area contributed by atoms with Gasteiger partial charge in [-0.25, -0.2) is 4.39 Å². The molecule has 0 radical (unpaired) electrons. The van der Waals surface area contributed by atoms with Crippen molar-refractivity contribution < 1.29 is 9.13 Å². The summed E-state index contributed by atoms with van der Waals surface area (Å²) in [5, 5.41) is 3.76. The van der Waals surface area contributed by atoms with Gasteiger partial charge in [0.05, 0.1) is 10.6 Å². The number of halogens is 2. The summed E-state index contributed by atoms with van der Waals surface area (Å²) in [4.78, 5) is 0. The highest BCUT2D eigenvalue weighted by Gasteiger charge is 2.37. The van der Waals surface area contributed by atoms with Crippen LogP contribution in [0.3, 0.4) is 0 Å². The molecule has 1 aliphatic rings. The van der Waals surface area contributed by atoms with Gasteiger partial charge in [0.15, 0.2) is 0 Å². The van der Waals surface area contributed by atoms with Crippen LogP contribution in [-0.2, 0) is 11.2 Å². The van der Waals surface area contributed by atoms with Crippen LogP contribution in [0.4, 0.5) is 4.39 Å². The smallest absolute Gasteiger partial charge is 0.141 e. The lowest BCUT2D eigenvalue weighted by Crippen LogP contribution is -2.50. The molecule has 1 aromatic carbocycles. The molecule has 0 saturated carbocycles. The van der Waals surface area contributed by atoms with Crippen molar-refractivity contribution in [2.45, 2.75) is 51.2 Å². The Hall–Kier alpha value is -0.640. The molecule has 112 valence electrons. The van der Waals surface area contributed by atoms with Gasteiger partial charge in [0.2, 0.25) is 0 Å². The normalized spacial score (nSPS) is 24.0. The summed E-state index contributed by atoms with van der Waals surface area (Å²) < 4.78 is 19.2. The first-order valence-electron chi connectivity index (χ1n) is 7.36. The molecule has 1 aromatic rings. The third-order valence-electron chi connectivity index (χ3n) is 4.05. The van der Waals surface area contributed by atoms with Crippen molar-refractivity contribution in [1.29, 1.82) is 0 Å². The van der Waals surface area contributed by atoms with E-state index in [1.807, 2.05) is 0 Å². The van der Waals surface area contributed by atoms with Crippen LogP contribution in [0, 0.1) is 5.82 Å². The first kappa shape index (κ1) is 15.7. The zero-order valence-corrected chi connectivity index (χ0v) is 13.0. The Balaban J connectivity index is 2.12. The summed E-state index contributed by atoms with van der Waals surface area (Å²) in [7, 11) is 0. The van der Waals surface area contributed by atoms with Crippen molar-refractivity contribution in [2.75, 3.05) is 13.2 Å². The molecule has 20 heavy (non-hydrogen) atoms. The second kappa shape index (κ2) is 6.88. The molecule has 0 amide bonds. The molecular weight excluding hydrogens is 277 g/mol. The lowest BCUT2D eigenvalue weighted by atomic mass is 9.88. The molecule has 2 atom stereocenters. The zero-order valence-electron chi connectivity index (χ0n) is 12.2. The quantitative estimate of drug-likeness (QED) is 0.858. The average molecular weight is 300 g/mol. The highest BCUT2D eigenvalue weighted by Crippen LogP contribution is 2.31. The highest BCUT2D eigenvalue weighted by atomic mass is 35.5. The summed E-state index contributed by atoms with van der Waals surface area (Å²) in [6.07, 6.45) is 4.04. The van der Waals surface area contributed by atoms with Crippen LogP contribution in [0.2, 0.25) is 5.02 Å². The molecule has 0 bridgehead atoms. The van der Waals surface area contributed by atoms with E-state index < -0.39 is 0 Å². The Morgan fingerprint density at radius 1 is 1.50 bits per heavy atom. The monoisotopic (exact) mass is 299 g/mol. The lowest BCUT2D eigenvalue weighted by Gasteiger charge is -2.34. The van der Waals surface area contributed by atoms with Crippen molar-refractivity contribution in [3.8, 4) is 0 Å². The minimum absolute atomic E-state index is 0.143. The van der Waals surface area contributed by atoms with Gasteiger partial charge in [-0.05, 0) is 56.8 Å². The molecule has 2 nitrogen and oxygen atoms in total. The fraction of sp³-hybridized carbons (Fsp3) is 0.625. The topological polar surface area (TPSA) is 21.3 Å². The third-order valence-corrected chi connectivity index (χ3v) is 4.34. The summed E-state index contributed by atoms with van der Waals surface area (Å²) in [5.74, 6) is -0.364. The molecule has 1 heterocycles. The van der Waals surface area contributed by atoms with E-state index in [0.29, 0.717) is 0 Å². The van der Waals surface area contributed by atoms with Gasteiger partial charge in [0, 0.05) is 12.6 Å². The Kier molecular flexibility index (Phi) is 5.42. The van der Waals surface area contributed by atoms with Crippen molar-refractivity contribution in [2.24, 2.45) is 0 Å². The fourth-order valence-corrected chi connectivity index (χ4v) is 3.00. The van der Waals surface area contributed by atoms with Gasteiger partial charge in [-0.1, -0.05) is 24.6 Å². The molecule has 1 N–H and O–H groups in total. The molecule has 0 aromatic heterocycles. The Bertz CT molecular complexity index is 446. The number of ether oxygens (including phenoxy) is 1. The van der Waals surface area contributed by atoms with Crippen LogP contribution in [0.5, 0.6) is 0 Å². The van der Waals surface area contributed by atoms with Gasteiger partial charge in [-0.15, -0.1) is 0 Å². The Labute approximate surface area is 125 Å². The summed E-state index contributed by atoms with van der Waals surface area (Å²) >= 11 is 5.87. The van der Waals surface area contributed by atoms with E-state index in [2.05, 4.69) is 19.2 Å². The number of hydrogen-bond donors (Lipinski definition) is 1. The van der Waals surface area contributed by atoms with E-state index in [1.54, 1.807) is 12.1 Å². The van der Waals surface area contributed by atoms with Crippen molar-refractivity contribution >= 4 is 11.6 Å². The van der Waals surface area contributed by atoms with Gasteiger partial charge in [-0.2, -0.15) is 0 Å². The van der Waals surface area contributed by atoms with E-state index in [1.165, 1.54) is 6.07 Å². The lowest BCUT2D eigenvalue weighted by molar-refractivity contribution is -0.0114.